The number of esters is 2. The summed E-state index contributed by atoms with van der Waals surface area (Å²) in [5.74, 6) is -2.46. The van der Waals surface area contributed by atoms with E-state index in [1.165, 1.54) is 21.1 Å². The maximum Gasteiger partial charge on any atom is 0.338 e. The lowest BCUT2D eigenvalue weighted by molar-refractivity contribution is -0.346. The quantitative estimate of drug-likeness (QED) is 0.430. The van der Waals surface area contributed by atoms with Crippen LogP contribution in [0.4, 0.5) is 0 Å². The molecule has 0 spiro atoms. The third-order valence-corrected chi connectivity index (χ3v) is 10.3. The van der Waals surface area contributed by atoms with Gasteiger partial charge in [-0.25, -0.2) is 4.79 Å². The number of ketones is 1. The van der Waals surface area contributed by atoms with Gasteiger partial charge in [-0.15, -0.1) is 0 Å². The number of carbonyl (C=O) groups is 3. The summed E-state index contributed by atoms with van der Waals surface area (Å²) in [5, 5.41) is 12.9. The van der Waals surface area contributed by atoms with E-state index >= 15 is 0 Å². The summed E-state index contributed by atoms with van der Waals surface area (Å²) in [7, 11) is 3.01. The average molecular weight is 557 g/mol. The van der Waals surface area contributed by atoms with E-state index in [9.17, 15) is 19.5 Å². The molecule has 3 fully saturated rings. The van der Waals surface area contributed by atoms with Crippen LogP contribution in [0.25, 0.3) is 0 Å². The lowest BCUT2D eigenvalue weighted by Crippen LogP contribution is -2.81. The summed E-state index contributed by atoms with van der Waals surface area (Å²) >= 11 is 0. The topological polar surface area (TPSA) is 118 Å². The van der Waals surface area contributed by atoms with Gasteiger partial charge in [0.15, 0.2) is 11.4 Å². The predicted octanol–water partition coefficient (Wildman–Crippen LogP) is 3.42. The number of rotatable bonds is 5. The molecule has 0 amide bonds. The monoisotopic (exact) mass is 556 g/mol. The summed E-state index contributed by atoms with van der Waals surface area (Å²) in [6, 6.07) is 8.52. The van der Waals surface area contributed by atoms with Crippen LogP contribution in [0.3, 0.4) is 0 Å². The number of allylic oxidation sites excluding steroid dienone is 1. The van der Waals surface area contributed by atoms with Gasteiger partial charge in [0.25, 0.3) is 0 Å². The van der Waals surface area contributed by atoms with Gasteiger partial charge >= 0.3 is 11.9 Å². The molecule has 1 aromatic rings. The largest absolute Gasteiger partial charge is 0.455 e. The van der Waals surface area contributed by atoms with E-state index in [4.69, 9.17) is 23.7 Å². The summed E-state index contributed by atoms with van der Waals surface area (Å²) < 4.78 is 30.3. The number of carbonyl (C=O) groups excluding carboxylic acids is 3. The Morgan fingerprint density at radius 2 is 1.75 bits per heavy atom. The number of fused-ring (bicyclic) bond motifs is 5. The number of methoxy groups -OCH3 is 2. The normalized spacial score (nSPS) is 40.1. The van der Waals surface area contributed by atoms with Crippen molar-refractivity contribution in [1.29, 1.82) is 0 Å². The van der Waals surface area contributed by atoms with E-state index in [0.29, 0.717) is 17.6 Å². The van der Waals surface area contributed by atoms with E-state index in [1.54, 1.807) is 37.3 Å². The van der Waals surface area contributed by atoms with Crippen LogP contribution in [0.15, 0.2) is 41.5 Å². The molecule has 8 atom stereocenters. The van der Waals surface area contributed by atoms with E-state index in [2.05, 4.69) is 0 Å². The van der Waals surface area contributed by atoms with Crippen molar-refractivity contribution in [2.45, 2.75) is 89.5 Å². The van der Waals surface area contributed by atoms with E-state index < -0.39 is 64.3 Å². The van der Waals surface area contributed by atoms with Crippen molar-refractivity contribution in [2.24, 2.45) is 16.7 Å². The maximum absolute atomic E-state index is 14.9. The zero-order valence-corrected chi connectivity index (χ0v) is 24.3. The lowest BCUT2D eigenvalue weighted by atomic mass is 9.45. The van der Waals surface area contributed by atoms with Gasteiger partial charge < -0.3 is 28.8 Å². The first-order valence-corrected chi connectivity index (χ1v) is 13.9. The smallest absolute Gasteiger partial charge is 0.338 e. The Bertz CT molecular complexity index is 1240. The first kappa shape index (κ1) is 28.9. The molecule has 1 aromatic carbocycles. The third kappa shape index (κ3) is 3.77. The van der Waals surface area contributed by atoms with Crippen molar-refractivity contribution in [1.82, 2.24) is 0 Å². The third-order valence-electron chi connectivity index (χ3n) is 10.3. The first-order valence-electron chi connectivity index (χ1n) is 13.9. The van der Waals surface area contributed by atoms with Gasteiger partial charge in [0.2, 0.25) is 0 Å². The van der Waals surface area contributed by atoms with Gasteiger partial charge in [-0.2, -0.15) is 0 Å². The van der Waals surface area contributed by atoms with Crippen LogP contribution in [0.2, 0.25) is 0 Å². The second-order valence-electron chi connectivity index (χ2n) is 12.5. The molecule has 2 unspecified atom stereocenters. The van der Waals surface area contributed by atoms with Crippen LogP contribution in [-0.4, -0.2) is 79.3 Å². The lowest BCUT2D eigenvalue weighted by Gasteiger charge is -2.67. The van der Waals surface area contributed by atoms with Crippen molar-refractivity contribution in [3.05, 3.63) is 47.0 Å². The fourth-order valence-corrected chi connectivity index (χ4v) is 8.20. The summed E-state index contributed by atoms with van der Waals surface area (Å²) in [5.41, 5.74) is -3.49. The zero-order valence-electron chi connectivity index (χ0n) is 24.3. The molecular weight excluding hydrogens is 516 g/mol. The molecule has 0 radical (unpaired) electrons. The summed E-state index contributed by atoms with van der Waals surface area (Å²) in [6.45, 7) is 8.74. The van der Waals surface area contributed by atoms with Gasteiger partial charge in [0.05, 0.1) is 29.6 Å². The molecule has 40 heavy (non-hydrogen) atoms. The Labute approximate surface area is 235 Å². The van der Waals surface area contributed by atoms with Crippen molar-refractivity contribution >= 4 is 17.7 Å². The van der Waals surface area contributed by atoms with E-state index in [0.717, 1.165) is 5.57 Å². The number of ether oxygens (including phenoxy) is 5. The maximum atomic E-state index is 14.9. The number of Topliss-reactive ketones (excluding diaryl/α,β-unsaturated/α-hetero) is 1. The highest BCUT2D eigenvalue weighted by Crippen LogP contribution is 2.64. The highest BCUT2D eigenvalue weighted by atomic mass is 16.6. The van der Waals surface area contributed by atoms with Crippen LogP contribution in [0.5, 0.6) is 0 Å². The van der Waals surface area contributed by atoms with Crippen LogP contribution >= 0.6 is 0 Å². The Hall–Kier alpha value is -2.59. The standard InChI is InChI=1S/C31H40O9/c1-17-13-14-31(35)26(39-27(34)19-11-9-8-10-12-19)24-29(5,25(33)23(37-7)22(17)28(31,3)4)20(36-6)15-21-30(24,16-38-21)40-18(2)32/h8-12,20-21,23-24,26,35H,13-16H2,1-7H3/t20-,21?,23+,24?,26-,29+,30-,31+/m0/s1. The van der Waals surface area contributed by atoms with Gasteiger partial charge in [-0.05, 0) is 44.4 Å². The molecule has 5 rings (SSSR count). The minimum atomic E-state index is -1.65. The Morgan fingerprint density at radius 1 is 1.07 bits per heavy atom. The highest BCUT2D eigenvalue weighted by Gasteiger charge is 2.77. The Balaban J connectivity index is 1.82. The van der Waals surface area contributed by atoms with Crippen LogP contribution in [-0.2, 0) is 33.3 Å². The van der Waals surface area contributed by atoms with Crippen molar-refractivity contribution in [3.63, 3.8) is 0 Å². The summed E-state index contributed by atoms with van der Waals surface area (Å²) in [6.07, 6.45) is -2.53. The minimum Gasteiger partial charge on any atom is -0.455 e. The molecular formula is C31H40O9. The van der Waals surface area contributed by atoms with Gasteiger partial charge in [-0.1, -0.05) is 37.6 Å². The Morgan fingerprint density at radius 3 is 2.30 bits per heavy atom. The van der Waals surface area contributed by atoms with Crippen molar-refractivity contribution < 1.29 is 43.2 Å². The molecule has 218 valence electrons. The molecule has 9 heteroatoms. The number of hydrogen-bond donors (Lipinski definition) is 1. The molecule has 0 aromatic heterocycles. The molecule has 4 aliphatic rings. The highest BCUT2D eigenvalue weighted by molar-refractivity contribution is 5.94. The second kappa shape index (κ2) is 9.76. The fraction of sp³-hybridized carbons (Fsp3) is 0.645. The molecule has 1 heterocycles. The van der Waals surface area contributed by atoms with Crippen LogP contribution < -0.4 is 0 Å². The van der Waals surface area contributed by atoms with E-state index in [-0.39, 0.29) is 25.2 Å². The SMILES string of the molecule is CO[C@H]1C(=O)[C@@]2(C)C([C@H](OC(=O)c3ccccc3)[C@]3(O)CCC(C)=C1C3(C)C)[C@]1(OC(C)=O)COC1C[C@@H]2OC. The molecule has 1 aliphatic heterocycles. The molecule has 1 N–H and O–H groups in total. The first-order chi connectivity index (χ1) is 18.8. The second-order valence-corrected chi connectivity index (χ2v) is 12.5. The van der Waals surface area contributed by atoms with Crippen LogP contribution in [0, 0.1) is 16.7 Å². The molecule has 2 bridgehead atoms. The fourth-order valence-electron chi connectivity index (χ4n) is 8.20. The molecule has 1 saturated heterocycles. The van der Waals surface area contributed by atoms with Gasteiger partial charge in [-0.3, -0.25) is 9.59 Å². The average Bonchev–Trinajstić information content (AvgIpc) is 2.90. The number of benzene rings is 1. The van der Waals surface area contributed by atoms with Gasteiger partial charge in [0, 0.05) is 33.0 Å². The molecule has 3 aliphatic carbocycles. The number of aliphatic hydroxyl groups is 1. The van der Waals surface area contributed by atoms with Gasteiger partial charge in [0.1, 0.15) is 23.9 Å². The number of hydrogen-bond acceptors (Lipinski definition) is 9. The van der Waals surface area contributed by atoms with Crippen LogP contribution in [0.1, 0.15) is 64.2 Å². The van der Waals surface area contributed by atoms with Crippen molar-refractivity contribution in [3.8, 4) is 0 Å². The zero-order chi connectivity index (χ0) is 29.3. The molecule has 2 saturated carbocycles. The minimum absolute atomic E-state index is 0.00349. The Kier molecular flexibility index (Phi) is 7.05. The van der Waals surface area contributed by atoms with Crippen molar-refractivity contribution in [2.75, 3.05) is 20.8 Å². The van der Waals surface area contributed by atoms with E-state index in [1.807, 2.05) is 20.8 Å². The predicted molar refractivity (Wildman–Crippen MR) is 143 cm³/mol. The molecule has 9 nitrogen and oxygen atoms in total. The summed E-state index contributed by atoms with van der Waals surface area (Å²) in [4.78, 5) is 41.2.